The van der Waals surface area contributed by atoms with Crippen LogP contribution >= 0.6 is 0 Å². The average molecular weight is 393 g/mol. The highest BCUT2D eigenvalue weighted by atomic mass is 32.2. The minimum absolute atomic E-state index is 0.0385. The van der Waals surface area contributed by atoms with Gasteiger partial charge in [-0.25, -0.2) is 0 Å². The molecule has 0 unspecified atom stereocenters. The quantitative estimate of drug-likeness (QED) is 0.377. The Morgan fingerprint density at radius 3 is 2.26 bits per heavy atom. The average Bonchev–Trinajstić information content (AvgIpc) is 2.62. The van der Waals surface area contributed by atoms with E-state index >= 15 is 0 Å². The van der Waals surface area contributed by atoms with Gasteiger partial charge in [-0.2, -0.15) is 8.42 Å². The molecule has 0 aliphatic heterocycles. The highest BCUT2D eigenvalue weighted by molar-refractivity contribution is 7.85. The highest BCUT2D eigenvalue weighted by Crippen LogP contribution is 2.32. The second kappa shape index (κ2) is 10.3. The summed E-state index contributed by atoms with van der Waals surface area (Å²) in [7, 11) is -4.34. The first kappa shape index (κ1) is 21.3. The molecule has 0 aromatic heterocycles. The zero-order valence-corrected chi connectivity index (χ0v) is 16.5. The lowest BCUT2D eigenvalue weighted by molar-refractivity contribution is 0.410. The van der Waals surface area contributed by atoms with E-state index in [4.69, 9.17) is 4.74 Å². The number of aromatic hydroxyl groups is 1. The molecule has 0 saturated heterocycles. The van der Waals surface area contributed by atoms with Crippen LogP contribution in [-0.2, 0) is 16.5 Å². The van der Waals surface area contributed by atoms with E-state index in [1.165, 1.54) is 50.3 Å². The third kappa shape index (κ3) is 7.23. The third-order valence-corrected chi connectivity index (χ3v) is 5.23. The van der Waals surface area contributed by atoms with Crippen molar-refractivity contribution in [1.82, 2.24) is 0 Å². The van der Waals surface area contributed by atoms with E-state index in [0.717, 1.165) is 18.4 Å². The van der Waals surface area contributed by atoms with Gasteiger partial charge in [-0.3, -0.25) is 4.55 Å². The first-order valence-electron chi connectivity index (χ1n) is 9.47. The van der Waals surface area contributed by atoms with Crippen LogP contribution in [0.3, 0.4) is 0 Å². The summed E-state index contributed by atoms with van der Waals surface area (Å²) < 4.78 is 38.2. The molecule has 0 heterocycles. The van der Waals surface area contributed by atoms with Crippen molar-refractivity contribution in [2.24, 2.45) is 0 Å². The largest absolute Gasteiger partial charge is 0.504 e. The molecule has 0 bridgehead atoms. The van der Waals surface area contributed by atoms with Gasteiger partial charge in [-0.15, -0.1) is 0 Å². The summed E-state index contributed by atoms with van der Waals surface area (Å²) in [6, 6.07) is 10.9. The van der Waals surface area contributed by atoms with Gasteiger partial charge in [0.2, 0.25) is 0 Å². The molecule has 2 N–H and O–H groups in total. The van der Waals surface area contributed by atoms with Gasteiger partial charge < -0.3 is 9.84 Å². The lowest BCUT2D eigenvalue weighted by atomic mass is 10.0. The summed E-state index contributed by atoms with van der Waals surface area (Å²) in [4.78, 5) is -0.201. The van der Waals surface area contributed by atoms with Crippen LogP contribution in [0.1, 0.15) is 57.4 Å². The van der Waals surface area contributed by atoms with E-state index in [9.17, 15) is 18.1 Å². The Morgan fingerprint density at radius 2 is 1.59 bits per heavy atom. The number of hydrogen-bond acceptors (Lipinski definition) is 4. The predicted octanol–water partition coefficient (Wildman–Crippen LogP) is 5.72. The number of ether oxygens (including phenoxy) is 1. The van der Waals surface area contributed by atoms with Crippen molar-refractivity contribution in [2.75, 3.05) is 0 Å². The second-order valence-corrected chi connectivity index (χ2v) is 8.15. The van der Waals surface area contributed by atoms with Gasteiger partial charge in [0.15, 0.2) is 11.5 Å². The molecule has 5 nitrogen and oxygen atoms in total. The molecule has 0 aliphatic carbocycles. The number of para-hydroxylation sites is 2. The molecule has 27 heavy (non-hydrogen) atoms. The topological polar surface area (TPSA) is 83.8 Å². The molecule has 148 valence electrons. The van der Waals surface area contributed by atoms with Crippen molar-refractivity contribution in [2.45, 2.75) is 63.2 Å². The van der Waals surface area contributed by atoms with E-state index < -0.39 is 10.1 Å². The predicted molar refractivity (Wildman–Crippen MR) is 106 cm³/mol. The smallest absolute Gasteiger partial charge is 0.294 e. The molecule has 0 fully saturated rings. The van der Waals surface area contributed by atoms with Crippen LogP contribution in [0, 0.1) is 0 Å². The number of aryl methyl sites for hydroxylation is 1. The fourth-order valence-electron chi connectivity index (χ4n) is 2.94. The molecule has 2 rings (SSSR count). The zero-order chi connectivity index (χ0) is 19.7. The molecule has 2 aromatic carbocycles. The molecule has 0 amide bonds. The van der Waals surface area contributed by atoms with Crippen molar-refractivity contribution >= 4 is 10.1 Å². The van der Waals surface area contributed by atoms with Gasteiger partial charge in [0.25, 0.3) is 10.1 Å². The van der Waals surface area contributed by atoms with Crippen molar-refractivity contribution in [3.63, 3.8) is 0 Å². The minimum atomic E-state index is -4.34. The van der Waals surface area contributed by atoms with Crippen molar-refractivity contribution < 1.29 is 22.8 Å². The van der Waals surface area contributed by atoms with E-state index in [1.54, 1.807) is 24.3 Å². The number of unbranched alkanes of at least 4 members (excludes halogenated alkanes) is 6. The summed E-state index contributed by atoms with van der Waals surface area (Å²) in [5.74, 6) is 0.458. The van der Waals surface area contributed by atoms with Crippen molar-refractivity contribution in [1.29, 1.82) is 0 Å². The SMILES string of the molecule is CCCCCCCCCc1cc(Oc2ccccc2O)cc(S(=O)(=O)O)c1. The van der Waals surface area contributed by atoms with Gasteiger partial charge in [-0.05, 0) is 42.7 Å². The first-order valence-corrected chi connectivity index (χ1v) is 10.9. The number of phenolic OH excluding ortho intramolecular Hbond substituents is 1. The van der Waals surface area contributed by atoms with Gasteiger partial charge >= 0.3 is 0 Å². The molecule has 0 saturated carbocycles. The van der Waals surface area contributed by atoms with Gasteiger partial charge in [0, 0.05) is 6.07 Å². The summed E-state index contributed by atoms with van der Waals surface area (Å²) in [6.07, 6.45) is 8.86. The molecule has 0 atom stereocenters. The molecule has 2 aromatic rings. The monoisotopic (exact) mass is 392 g/mol. The van der Waals surface area contributed by atoms with E-state index in [1.807, 2.05) is 0 Å². The van der Waals surface area contributed by atoms with Crippen molar-refractivity contribution in [3.8, 4) is 17.2 Å². The van der Waals surface area contributed by atoms with Crippen molar-refractivity contribution in [3.05, 3.63) is 48.0 Å². The van der Waals surface area contributed by atoms with Crippen LogP contribution in [0.5, 0.6) is 17.2 Å². The molecular weight excluding hydrogens is 364 g/mol. The molecule has 0 spiro atoms. The molecule has 0 radical (unpaired) electrons. The number of rotatable bonds is 11. The highest BCUT2D eigenvalue weighted by Gasteiger charge is 2.14. The maximum absolute atomic E-state index is 11.6. The Hall–Kier alpha value is -2.05. The van der Waals surface area contributed by atoms with Crippen LogP contribution < -0.4 is 4.74 Å². The normalized spacial score (nSPS) is 11.5. The maximum Gasteiger partial charge on any atom is 0.294 e. The van der Waals surface area contributed by atoms with Gasteiger partial charge in [-0.1, -0.05) is 57.6 Å². The minimum Gasteiger partial charge on any atom is -0.504 e. The fourth-order valence-corrected chi connectivity index (χ4v) is 3.50. The summed E-state index contributed by atoms with van der Waals surface area (Å²) >= 11 is 0. The molecule has 0 aliphatic rings. The number of hydrogen-bond donors (Lipinski definition) is 2. The Kier molecular flexibility index (Phi) is 8.13. The van der Waals surface area contributed by atoms with E-state index in [-0.39, 0.29) is 22.1 Å². The summed E-state index contributed by atoms with van der Waals surface area (Å²) in [5, 5.41) is 9.84. The van der Waals surface area contributed by atoms with Gasteiger partial charge in [0.1, 0.15) is 5.75 Å². The molecule has 6 heteroatoms. The van der Waals surface area contributed by atoms with Gasteiger partial charge in [0.05, 0.1) is 4.90 Å². The Balaban J connectivity index is 2.07. The zero-order valence-electron chi connectivity index (χ0n) is 15.7. The summed E-state index contributed by atoms with van der Waals surface area (Å²) in [5.41, 5.74) is 0.782. The summed E-state index contributed by atoms with van der Waals surface area (Å²) in [6.45, 7) is 2.19. The van der Waals surface area contributed by atoms with Crippen LogP contribution in [0.15, 0.2) is 47.4 Å². The van der Waals surface area contributed by atoms with E-state index in [0.29, 0.717) is 6.42 Å². The fraction of sp³-hybridized carbons (Fsp3) is 0.429. The Bertz CT molecular complexity index is 830. The lowest BCUT2D eigenvalue weighted by Gasteiger charge is -2.11. The standard InChI is InChI=1S/C21H28O5S/c1-2-3-4-5-6-7-8-11-17-14-18(16-19(15-17)27(23,24)25)26-21-13-10-9-12-20(21)22/h9-10,12-16,22H,2-8,11H2,1H3,(H,23,24,25). The Morgan fingerprint density at radius 1 is 0.926 bits per heavy atom. The maximum atomic E-state index is 11.6. The third-order valence-electron chi connectivity index (χ3n) is 4.40. The van der Waals surface area contributed by atoms with E-state index in [2.05, 4.69) is 6.92 Å². The lowest BCUT2D eigenvalue weighted by Crippen LogP contribution is -2.00. The first-order chi connectivity index (χ1) is 12.9. The number of phenols is 1. The van der Waals surface area contributed by atoms with Crippen LogP contribution in [0.25, 0.3) is 0 Å². The Labute approximate surface area is 161 Å². The van der Waals surface area contributed by atoms with Crippen LogP contribution in [0.4, 0.5) is 0 Å². The second-order valence-electron chi connectivity index (χ2n) is 6.73. The van der Waals surface area contributed by atoms with Crippen LogP contribution in [0.2, 0.25) is 0 Å². The number of benzene rings is 2. The van der Waals surface area contributed by atoms with Crippen LogP contribution in [-0.4, -0.2) is 18.1 Å². The molecular formula is C21H28O5S.